The lowest BCUT2D eigenvalue weighted by Gasteiger charge is -2.35. The fourth-order valence-electron chi connectivity index (χ4n) is 3.13. The van der Waals surface area contributed by atoms with Gasteiger partial charge in [-0.1, -0.05) is 6.07 Å². The van der Waals surface area contributed by atoms with Crippen molar-refractivity contribution in [3.63, 3.8) is 0 Å². The highest BCUT2D eigenvalue weighted by atomic mass is 16.5. The van der Waals surface area contributed by atoms with E-state index in [2.05, 4.69) is 15.9 Å². The summed E-state index contributed by atoms with van der Waals surface area (Å²) in [5.41, 5.74) is 1.13. The molecule has 0 unspecified atom stereocenters. The van der Waals surface area contributed by atoms with Crippen molar-refractivity contribution in [1.82, 2.24) is 9.80 Å². The summed E-state index contributed by atoms with van der Waals surface area (Å²) in [6, 6.07) is 4.00. The first kappa shape index (κ1) is 18.8. The molecule has 0 amide bonds. The molecule has 0 bridgehead atoms. The van der Waals surface area contributed by atoms with E-state index in [0.29, 0.717) is 11.5 Å². The van der Waals surface area contributed by atoms with Gasteiger partial charge in [-0.05, 0) is 12.5 Å². The third kappa shape index (κ3) is 4.75. The van der Waals surface area contributed by atoms with Gasteiger partial charge >= 0.3 is 0 Å². The van der Waals surface area contributed by atoms with Crippen LogP contribution in [0.5, 0.6) is 17.2 Å². The molecule has 1 heterocycles. The minimum atomic E-state index is 0.663. The number of rotatable bonds is 9. The summed E-state index contributed by atoms with van der Waals surface area (Å²) in [6.07, 6.45) is 1.10. The van der Waals surface area contributed by atoms with Crippen LogP contribution in [0.2, 0.25) is 0 Å². The number of hydrogen-bond donors (Lipinski definition) is 0. The molecule has 0 aromatic heterocycles. The largest absolute Gasteiger partial charge is 0.493 e. The Balaban J connectivity index is 1.95. The molecule has 0 aliphatic carbocycles. The highest BCUT2D eigenvalue weighted by Gasteiger charge is 2.21. The molecule has 0 atom stereocenters. The Kier molecular flexibility index (Phi) is 7.62. The van der Waals surface area contributed by atoms with Crippen LogP contribution in [0.3, 0.4) is 0 Å². The maximum Gasteiger partial charge on any atom is 0.203 e. The molecule has 6 nitrogen and oxygen atoms in total. The van der Waals surface area contributed by atoms with E-state index in [1.807, 2.05) is 6.07 Å². The van der Waals surface area contributed by atoms with Gasteiger partial charge in [0.15, 0.2) is 11.5 Å². The molecular weight excluding hydrogens is 308 g/mol. The summed E-state index contributed by atoms with van der Waals surface area (Å²) < 4.78 is 21.5. The van der Waals surface area contributed by atoms with Gasteiger partial charge in [-0.2, -0.15) is 0 Å². The van der Waals surface area contributed by atoms with Crippen molar-refractivity contribution in [2.24, 2.45) is 0 Å². The predicted molar refractivity (Wildman–Crippen MR) is 94.3 cm³/mol. The van der Waals surface area contributed by atoms with E-state index < -0.39 is 0 Å². The lowest BCUT2D eigenvalue weighted by atomic mass is 10.1. The van der Waals surface area contributed by atoms with Gasteiger partial charge in [0, 0.05) is 58.5 Å². The Morgan fingerprint density at radius 1 is 0.833 bits per heavy atom. The van der Waals surface area contributed by atoms with Crippen molar-refractivity contribution in [2.75, 3.05) is 67.8 Å². The molecule has 1 fully saturated rings. The van der Waals surface area contributed by atoms with Crippen LogP contribution < -0.4 is 14.2 Å². The fraction of sp³-hybridized carbons (Fsp3) is 0.667. The van der Waals surface area contributed by atoms with Crippen molar-refractivity contribution < 1.29 is 18.9 Å². The summed E-state index contributed by atoms with van der Waals surface area (Å²) in [5.74, 6) is 2.12. The average Bonchev–Trinajstić information content (AvgIpc) is 2.62. The maximum atomic E-state index is 5.58. The quantitative estimate of drug-likeness (QED) is 0.641. The van der Waals surface area contributed by atoms with Crippen molar-refractivity contribution in [3.8, 4) is 17.2 Å². The standard InChI is InChI=1S/C18H30N2O4/c1-21-13-5-8-19-9-11-20(12-10-19)14-15-6-7-16(22-2)18(24-4)17(15)23-3/h6-7H,5,8-14H2,1-4H3. The van der Waals surface area contributed by atoms with Gasteiger partial charge in [0.2, 0.25) is 5.75 Å². The Bertz CT molecular complexity index is 502. The zero-order valence-electron chi connectivity index (χ0n) is 15.3. The summed E-state index contributed by atoms with van der Waals surface area (Å²) >= 11 is 0. The Labute approximate surface area is 145 Å². The molecule has 136 valence electrons. The molecule has 1 aromatic carbocycles. The summed E-state index contributed by atoms with van der Waals surface area (Å²) in [5, 5.41) is 0. The second-order valence-electron chi connectivity index (χ2n) is 5.96. The van der Waals surface area contributed by atoms with E-state index in [4.69, 9.17) is 18.9 Å². The van der Waals surface area contributed by atoms with Crippen LogP contribution in [0.1, 0.15) is 12.0 Å². The molecule has 24 heavy (non-hydrogen) atoms. The molecule has 1 aliphatic rings. The molecule has 0 radical (unpaired) electrons. The van der Waals surface area contributed by atoms with Crippen molar-refractivity contribution >= 4 is 0 Å². The Morgan fingerprint density at radius 2 is 1.50 bits per heavy atom. The molecule has 1 saturated heterocycles. The van der Waals surface area contributed by atoms with Crippen LogP contribution in [-0.2, 0) is 11.3 Å². The number of methoxy groups -OCH3 is 4. The van der Waals surface area contributed by atoms with Crippen LogP contribution in [-0.4, -0.2) is 77.6 Å². The van der Waals surface area contributed by atoms with Crippen molar-refractivity contribution in [3.05, 3.63) is 17.7 Å². The van der Waals surface area contributed by atoms with Crippen LogP contribution >= 0.6 is 0 Å². The minimum Gasteiger partial charge on any atom is -0.493 e. The van der Waals surface area contributed by atoms with Gasteiger partial charge in [-0.3, -0.25) is 4.90 Å². The lowest BCUT2D eigenvalue weighted by molar-refractivity contribution is 0.112. The Morgan fingerprint density at radius 3 is 2.08 bits per heavy atom. The van der Waals surface area contributed by atoms with E-state index in [9.17, 15) is 0 Å². The van der Waals surface area contributed by atoms with Gasteiger partial charge in [0.05, 0.1) is 21.3 Å². The van der Waals surface area contributed by atoms with Crippen LogP contribution in [0, 0.1) is 0 Å². The molecule has 0 N–H and O–H groups in total. The van der Waals surface area contributed by atoms with E-state index in [-0.39, 0.29) is 0 Å². The smallest absolute Gasteiger partial charge is 0.203 e. The highest BCUT2D eigenvalue weighted by Crippen LogP contribution is 2.40. The summed E-state index contributed by atoms with van der Waals surface area (Å²) in [6.45, 7) is 7.12. The predicted octanol–water partition coefficient (Wildman–Crippen LogP) is 1.87. The molecule has 2 rings (SSSR count). The fourth-order valence-corrected chi connectivity index (χ4v) is 3.13. The molecule has 1 aliphatic heterocycles. The lowest BCUT2D eigenvalue weighted by Crippen LogP contribution is -2.46. The zero-order chi connectivity index (χ0) is 17.4. The third-order valence-electron chi connectivity index (χ3n) is 4.47. The molecule has 0 saturated carbocycles. The minimum absolute atomic E-state index is 0.663. The molecule has 1 aromatic rings. The van der Waals surface area contributed by atoms with Crippen LogP contribution in [0.15, 0.2) is 12.1 Å². The topological polar surface area (TPSA) is 43.4 Å². The first-order chi connectivity index (χ1) is 11.7. The third-order valence-corrected chi connectivity index (χ3v) is 4.47. The number of hydrogen-bond acceptors (Lipinski definition) is 6. The second kappa shape index (κ2) is 9.71. The molecule has 6 heteroatoms. The second-order valence-corrected chi connectivity index (χ2v) is 5.96. The van der Waals surface area contributed by atoms with E-state index >= 15 is 0 Å². The molecule has 0 spiro atoms. The highest BCUT2D eigenvalue weighted by molar-refractivity contribution is 5.55. The van der Waals surface area contributed by atoms with E-state index in [0.717, 1.165) is 63.6 Å². The monoisotopic (exact) mass is 338 g/mol. The van der Waals surface area contributed by atoms with Gasteiger partial charge in [-0.15, -0.1) is 0 Å². The molecular formula is C18H30N2O4. The zero-order valence-corrected chi connectivity index (χ0v) is 15.3. The average molecular weight is 338 g/mol. The van der Waals surface area contributed by atoms with Crippen molar-refractivity contribution in [1.29, 1.82) is 0 Å². The van der Waals surface area contributed by atoms with Crippen LogP contribution in [0.4, 0.5) is 0 Å². The number of ether oxygens (including phenoxy) is 4. The van der Waals surface area contributed by atoms with Crippen molar-refractivity contribution in [2.45, 2.75) is 13.0 Å². The number of nitrogens with zero attached hydrogens (tertiary/aromatic N) is 2. The first-order valence-electron chi connectivity index (χ1n) is 8.45. The normalized spacial score (nSPS) is 16.2. The van der Waals surface area contributed by atoms with Gasteiger partial charge in [0.1, 0.15) is 0 Å². The summed E-state index contributed by atoms with van der Waals surface area (Å²) in [4.78, 5) is 4.96. The number of piperazine rings is 1. The maximum absolute atomic E-state index is 5.58. The van der Waals surface area contributed by atoms with Gasteiger partial charge in [0.25, 0.3) is 0 Å². The van der Waals surface area contributed by atoms with Crippen LogP contribution in [0.25, 0.3) is 0 Å². The summed E-state index contributed by atoms with van der Waals surface area (Å²) in [7, 11) is 6.71. The van der Waals surface area contributed by atoms with Gasteiger partial charge in [-0.25, -0.2) is 0 Å². The van der Waals surface area contributed by atoms with E-state index in [1.165, 1.54) is 0 Å². The van der Waals surface area contributed by atoms with E-state index in [1.54, 1.807) is 28.4 Å². The first-order valence-corrected chi connectivity index (χ1v) is 8.45. The number of benzene rings is 1. The Hall–Kier alpha value is -1.50. The SMILES string of the molecule is COCCCN1CCN(Cc2ccc(OC)c(OC)c2OC)CC1. The van der Waals surface area contributed by atoms with Gasteiger partial charge < -0.3 is 23.8 Å².